The van der Waals surface area contributed by atoms with Crippen LogP contribution in [0.25, 0.3) is 44.2 Å². The average molecular weight is 756 g/mol. The number of anilines is 3. The normalized spacial score (nSPS) is 14.0. The van der Waals surface area contributed by atoms with Crippen molar-refractivity contribution in [1.29, 1.82) is 0 Å². The lowest BCUT2D eigenvalue weighted by Crippen LogP contribution is -2.28. The van der Waals surface area contributed by atoms with Gasteiger partial charge in [-0.1, -0.05) is 178 Å². The minimum atomic E-state index is -0.450. The van der Waals surface area contributed by atoms with Crippen LogP contribution in [0.2, 0.25) is 0 Å². The quantitative estimate of drug-likeness (QED) is 0.149. The Bertz CT molecular complexity index is 2970. The highest BCUT2D eigenvalue weighted by Gasteiger charge is 2.46. The highest BCUT2D eigenvalue weighted by atomic mass is 15.1. The largest absolute Gasteiger partial charge is 0.310 e. The number of nitrogens with zero attached hydrogens (tertiary/aromatic N) is 1. The van der Waals surface area contributed by atoms with Gasteiger partial charge in [0.1, 0.15) is 0 Å². The van der Waals surface area contributed by atoms with Crippen LogP contribution in [0.1, 0.15) is 60.1 Å². The first-order chi connectivity index (χ1) is 29.1. The fourth-order valence-electron chi connectivity index (χ4n) is 10.8. The third kappa shape index (κ3) is 5.24. The zero-order valence-corrected chi connectivity index (χ0v) is 33.6. The van der Waals surface area contributed by atoms with E-state index in [4.69, 9.17) is 0 Å². The second-order valence-corrected chi connectivity index (χ2v) is 16.3. The van der Waals surface area contributed by atoms with Crippen LogP contribution in [-0.4, -0.2) is 0 Å². The fourth-order valence-corrected chi connectivity index (χ4v) is 10.8. The number of hydrogen-bond donors (Lipinski definition) is 0. The Balaban J connectivity index is 1.16. The van der Waals surface area contributed by atoms with Crippen LogP contribution in [0.15, 0.2) is 212 Å². The lowest BCUT2D eigenvalue weighted by Gasteiger charge is -2.34. The van der Waals surface area contributed by atoms with Gasteiger partial charge in [-0.2, -0.15) is 0 Å². The Morgan fingerprint density at radius 1 is 0.339 bits per heavy atom. The highest BCUT2D eigenvalue weighted by molar-refractivity contribution is 5.96. The minimum absolute atomic E-state index is 0.0270. The molecular weight excluding hydrogens is 711 g/mol. The van der Waals surface area contributed by atoms with E-state index in [9.17, 15) is 0 Å². The highest BCUT2D eigenvalue weighted by Crippen LogP contribution is 2.58. The third-order valence-electron chi connectivity index (χ3n) is 13.6. The molecule has 9 aromatic carbocycles. The molecule has 1 nitrogen and oxygen atoms in total. The molecule has 59 heavy (non-hydrogen) atoms. The van der Waals surface area contributed by atoms with Gasteiger partial charge in [0.2, 0.25) is 0 Å². The number of fused-ring (bicyclic) bond motifs is 7. The van der Waals surface area contributed by atoms with Crippen molar-refractivity contribution >= 4 is 27.8 Å². The van der Waals surface area contributed by atoms with Crippen molar-refractivity contribution in [3.8, 4) is 33.4 Å². The van der Waals surface area contributed by atoms with E-state index in [1.54, 1.807) is 0 Å². The van der Waals surface area contributed by atoms with Crippen molar-refractivity contribution in [2.24, 2.45) is 0 Å². The maximum Gasteiger partial charge on any atom is 0.0713 e. The van der Waals surface area contributed by atoms with Crippen LogP contribution >= 0.6 is 0 Å². The second kappa shape index (κ2) is 13.9. The number of rotatable bonds is 8. The molecule has 0 aliphatic heterocycles. The van der Waals surface area contributed by atoms with Crippen LogP contribution < -0.4 is 4.90 Å². The zero-order chi connectivity index (χ0) is 39.6. The van der Waals surface area contributed by atoms with Crippen LogP contribution in [0.3, 0.4) is 0 Å². The summed E-state index contributed by atoms with van der Waals surface area (Å²) in [5.74, 6) is 0. The van der Waals surface area contributed by atoms with Gasteiger partial charge in [0.25, 0.3) is 0 Å². The van der Waals surface area contributed by atoms with Gasteiger partial charge in [-0.05, 0) is 139 Å². The van der Waals surface area contributed by atoms with E-state index in [1.807, 2.05) is 0 Å². The molecule has 0 saturated heterocycles. The molecule has 11 rings (SSSR count). The molecule has 0 atom stereocenters. The molecule has 0 unspecified atom stereocenters. The molecule has 282 valence electrons. The molecule has 0 N–H and O–H groups in total. The van der Waals surface area contributed by atoms with Crippen LogP contribution in [0, 0.1) is 0 Å². The molecule has 0 spiro atoms. The van der Waals surface area contributed by atoms with Crippen LogP contribution in [0.5, 0.6) is 0 Å². The summed E-state index contributed by atoms with van der Waals surface area (Å²) < 4.78 is 0. The predicted molar refractivity (Wildman–Crippen MR) is 248 cm³/mol. The van der Waals surface area contributed by atoms with Crippen molar-refractivity contribution in [3.05, 3.63) is 246 Å². The summed E-state index contributed by atoms with van der Waals surface area (Å²) in [7, 11) is 0. The molecule has 0 bridgehead atoms. The van der Waals surface area contributed by atoms with Crippen LogP contribution in [-0.2, 0) is 10.8 Å². The van der Waals surface area contributed by atoms with Gasteiger partial charge < -0.3 is 4.90 Å². The molecule has 0 aromatic heterocycles. The molecule has 2 aliphatic carbocycles. The van der Waals surface area contributed by atoms with E-state index in [2.05, 4.69) is 231 Å². The van der Waals surface area contributed by atoms with Crippen molar-refractivity contribution < 1.29 is 0 Å². The summed E-state index contributed by atoms with van der Waals surface area (Å²) in [6.45, 7) is 4.72. The third-order valence-corrected chi connectivity index (χ3v) is 13.6. The summed E-state index contributed by atoms with van der Waals surface area (Å²) in [5, 5.41) is 2.60. The minimum Gasteiger partial charge on any atom is -0.310 e. The second-order valence-electron chi connectivity index (χ2n) is 16.3. The van der Waals surface area contributed by atoms with Gasteiger partial charge in [0.05, 0.1) is 5.41 Å². The van der Waals surface area contributed by atoms with E-state index >= 15 is 0 Å². The average Bonchev–Trinajstić information content (AvgIpc) is 3.76. The molecule has 0 amide bonds. The standard InChI is InChI=1S/C58H45N/c1-3-57(4-2)53-33-31-47(39-52(53)50-36-42-21-14-15-22-43(42)37-56(50)57)59(46-28-18-23-41(35-46)40-19-8-5-9-20-40)48-32-34-55-51(38-48)49-29-16-17-30-54(49)58(55,44-24-10-6-11-25-44)45-26-12-7-13-27-45/h5-39H,3-4H2,1-2H3. The van der Waals surface area contributed by atoms with Crippen LogP contribution in [0.4, 0.5) is 17.1 Å². The first-order valence-electron chi connectivity index (χ1n) is 21.1. The number of benzene rings is 9. The summed E-state index contributed by atoms with van der Waals surface area (Å²) in [4.78, 5) is 2.49. The summed E-state index contributed by atoms with van der Waals surface area (Å²) >= 11 is 0. The van der Waals surface area contributed by atoms with Crippen molar-refractivity contribution in [2.75, 3.05) is 4.90 Å². The van der Waals surface area contributed by atoms with E-state index < -0.39 is 5.41 Å². The lowest BCUT2D eigenvalue weighted by atomic mass is 9.68. The fraction of sp³-hybridized carbons (Fsp3) is 0.103. The molecule has 0 saturated carbocycles. The molecule has 1 heteroatoms. The molecular formula is C58H45N. The number of hydrogen-bond acceptors (Lipinski definition) is 1. The molecule has 9 aromatic rings. The topological polar surface area (TPSA) is 3.24 Å². The molecule has 0 radical (unpaired) electrons. The smallest absolute Gasteiger partial charge is 0.0713 e. The van der Waals surface area contributed by atoms with Crippen molar-refractivity contribution in [3.63, 3.8) is 0 Å². The van der Waals surface area contributed by atoms with E-state index in [-0.39, 0.29) is 5.41 Å². The zero-order valence-electron chi connectivity index (χ0n) is 33.6. The monoisotopic (exact) mass is 755 g/mol. The Kier molecular flexibility index (Phi) is 8.27. The maximum atomic E-state index is 2.49. The SMILES string of the molecule is CCC1(CC)c2ccc(N(c3cccc(-c4ccccc4)c3)c3ccc4c(c3)-c3ccccc3C4(c3ccccc3)c3ccccc3)cc2-c2cc3ccccc3cc21. The Morgan fingerprint density at radius 3 is 1.49 bits per heavy atom. The Hall–Kier alpha value is -6.96. The summed E-state index contributed by atoms with van der Waals surface area (Å²) in [6, 6.07) is 79.3. The van der Waals surface area contributed by atoms with E-state index in [1.165, 1.54) is 77.5 Å². The molecule has 0 heterocycles. The maximum absolute atomic E-state index is 2.49. The summed E-state index contributed by atoms with van der Waals surface area (Å²) in [5.41, 5.74) is 18.7. The van der Waals surface area contributed by atoms with E-state index in [0.717, 1.165) is 29.9 Å². The Labute approximate surface area is 347 Å². The molecule has 2 aliphatic rings. The van der Waals surface area contributed by atoms with Gasteiger partial charge in [0.15, 0.2) is 0 Å². The molecule has 0 fully saturated rings. The van der Waals surface area contributed by atoms with Gasteiger partial charge in [-0.25, -0.2) is 0 Å². The lowest BCUT2D eigenvalue weighted by molar-refractivity contribution is 0.491. The van der Waals surface area contributed by atoms with Crippen molar-refractivity contribution in [1.82, 2.24) is 0 Å². The van der Waals surface area contributed by atoms with E-state index in [0.29, 0.717) is 0 Å². The predicted octanol–water partition coefficient (Wildman–Crippen LogP) is 15.4. The first kappa shape index (κ1) is 35.2. The van der Waals surface area contributed by atoms with Gasteiger partial charge in [-0.3, -0.25) is 0 Å². The summed E-state index contributed by atoms with van der Waals surface area (Å²) in [6.07, 6.45) is 2.11. The van der Waals surface area contributed by atoms with Gasteiger partial charge in [0, 0.05) is 22.5 Å². The van der Waals surface area contributed by atoms with Gasteiger partial charge >= 0.3 is 0 Å². The Morgan fingerprint density at radius 2 is 0.831 bits per heavy atom. The van der Waals surface area contributed by atoms with Crippen molar-refractivity contribution in [2.45, 2.75) is 37.5 Å². The van der Waals surface area contributed by atoms with Gasteiger partial charge in [-0.15, -0.1) is 0 Å². The first-order valence-corrected chi connectivity index (χ1v) is 21.1.